The molecule has 0 bridgehead atoms. The summed E-state index contributed by atoms with van der Waals surface area (Å²) in [6, 6.07) is 0.866. The smallest absolute Gasteiger partial charge is 0.424 e. The molecule has 138 valence electrons. The molecular formula is C14H15F5N4O2. The molecule has 11 heteroatoms. The lowest BCUT2D eigenvalue weighted by molar-refractivity contribution is -0.262. The molecule has 0 saturated carbocycles. The van der Waals surface area contributed by atoms with E-state index in [4.69, 9.17) is 4.74 Å². The summed E-state index contributed by atoms with van der Waals surface area (Å²) in [5.41, 5.74) is -2.46. The van der Waals surface area contributed by atoms with Crippen LogP contribution in [-0.4, -0.2) is 43.6 Å². The number of imidazole rings is 1. The highest BCUT2D eigenvalue weighted by atomic mass is 19.4. The van der Waals surface area contributed by atoms with Crippen molar-refractivity contribution in [3.63, 3.8) is 0 Å². The highest BCUT2D eigenvalue weighted by Crippen LogP contribution is 2.42. The molecule has 6 nitrogen and oxygen atoms in total. The zero-order chi connectivity index (χ0) is 18.6. The van der Waals surface area contributed by atoms with Crippen LogP contribution in [0.3, 0.4) is 0 Å². The second-order valence-corrected chi connectivity index (χ2v) is 6.01. The molecule has 1 N–H and O–H groups in total. The van der Waals surface area contributed by atoms with E-state index in [1.54, 1.807) is 6.92 Å². The van der Waals surface area contributed by atoms with Crippen molar-refractivity contribution in [2.45, 2.75) is 44.6 Å². The molecule has 0 saturated heterocycles. The summed E-state index contributed by atoms with van der Waals surface area (Å²) in [5, 5.41) is 14.0. The van der Waals surface area contributed by atoms with Gasteiger partial charge in [-0.2, -0.15) is 13.2 Å². The number of rotatable bonds is 4. The van der Waals surface area contributed by atoms with Crippen molar-refractivity contribution in [2.75, 3.05) is 6.61 Å². The van der Waals surface area contributed by atoms with Gasteiger partial charge < -0.3 is 14.4 Å². The fraction of sp³-hybridized carbons (Fsp3) is 0.571. The minimum atomic E-state index is -4.90. The van der Waals surface area contributed by atoms with Gasteiger partial charge in [-0.3, -0.25) is 4.68 Å². The summed E-state index contributed by atoms with van der Waals surface area (Å²) in [5.74, 6) is -0.591. The lowest BCUT2D eigenvalue weighted by Gasteiger charge is -2.31. The monoisotopic (exact) mass is 366 g/mol. The Morgan fingerprint density at radius 2 is 2.04 bits per heavy atom. The Labute approximate surface area is 138 Å². The molecule has 2 aromatic rings. The highest BCUT2D eigenvalue weighted by molar-refractivity contribution is 5.58. The quantitative estimate of drug-likeness (QED) is 0.845. The molecule has 1 aliphatic rings. The number of aromatic nitrogens is 4. The van der Waals surface area contributed by atoms with E-state index in [1.165, 1.54) is 21.5 Å². The molecule has 25 heavy (non-hydrogen) atoms. The van der Waals surface area contributed by atoms with E-state index in [0.717, 1.165) is 0 Å². The Hall–Kier alpha value is -2.17. The van der Waals surface area contributed by atoms with Crippen molar-refractivity contribution in [1.29, 1.82) is 0 Å². The summed E-state index contributed by atoms with van der Waals surface area (Å²) in [6.45, 7) is 1.63. The molecule has 0 aliphatic carbocycles. The van der Waals surface area contributed by atoms with Gasteiger partial charge in [-0.25, -0.2) is 13.8 Å². The van der Waals surface area contributed by atoms with Crippen LogP contribution in [0, 0.1) is 0 Å². The maximum absolute atomic E-state index is 13.2. The Kier molecular flexibility index (Phi) is 4.01. The third kappa shape index (κ3) is 2.86. The van der Waals surface area contributed by atoms with Crippen LogP contribution >= 0.6 is 0 Å². The van der Waals surface area contributed by atoms with Crippen molar-refractivity contribution in [3.8, 4) is 17.3 Å². The molecule has 3 rings (SSSR count). The first kappa shape index (κ1) is 17.6. The topological polar surface area (TPSA) is 65.1 Å². The second-order valence-electron chi connectivity index (χ2n) is 6.01. The molecule has 1 unspecified atom stereocenters. The van der Waals surface area contributed by atoms with Gasteiger partial charge in [-0.1, -0.05) is 0 Å². The number of alkyl halides is 5. The standard InChI is InChI=1S/C14H15F5N4O2/c1-7-5-22-8(3-11(21-22)25-6-10(15)16)9-4-20-12(23(7)9)13(2,24)14(17,18)19/h3-4,7,10,24H,5-6H2,1-2H3/t7-,13?/m0/s1. The summed E-state index contributed by atoms with van der Waals surface area (Å²) < 4.78 is 71.6. The summed E-state index contributed by atoms with van der Waals surface area (Å²) in [6.07, 6.45) is -6.38. The second kappa shape index (κ2) is 5.68. The van der Waals surface area contributed by atoms with Crippen LogP contribution in [0.25, 0.3) is 11.4 Å². The van der Waals surface area contributed by atoms with Gasteiger partial charge in [0.2, 0.25) is 11.5 Å². The first-order chi connectivity index (χ1) is 11.5. The minimum absolute atomic E-state index is 0.0544. The zero-order valence-electron chi connectivity index (χ0n) is 13.3. The van der Waals surface area contributed by atoms with Crippen molar-refractivity contribution in [1.82, 2.24) is 19.3 Å². The first-order valence-electron chi connectivity index (χ1n) is 7.38. The number of hydrogen-bond donors (Lipinski definition) is 1. The number of ether oxygens (including phenoxy) is 1. The van der Waals surface area contributed by atoms with Crippen LogP contribution in [0.1, 0.15) is 25.7 Å². The summed E-state index contributed by atoms with van der Waals surface area (Å²) >= 11 is 0. The van der Waals surface area contributed by atoms with Crippen LogP contribution in [0.4, 0.5) is 22.0 Å². The summed E-state index contributed by atoms with van der Waals surface area (Å²) in [7, 11) is 0. The van der Waals surface area contributed by atoms with E-state index in [2.05, 4.69) is 10.1 Å². The molecular weight excluding hydrogens is 351 g/mol. The van der Waals surface area contributed by atoms with E-state index >= 15 is 0 Å². The molecule has 0 aromatic carbocycles. The molecule has 3 heterocycles. The van der Waals surface area contributed by atoms with Gasteiger partial charge in [0.25, 0.3) is 6.43 Å². The van der Waals surface area contributed by atoms with E-state index in [0.29, 0.717) is 12.6 Å². The van der Waals surface area contributed by atoms with Crippen molar-refractivity contribution < 1.29 is 31.8 Å². The molecule has 0 amide bonds. The number of nitrogens with zero attached hydrogens (tertiary/aromatic N) is 4. The average Bonchev–Trinajstić information content (AvgIpc) is 3.07. The number of hydrogen-bond acceptors (Lipinski definition) is 4. The lowest BCUT2D eigenvalue weighted by atomic mass is 10.0. The minimum Gasteiger partial charge on any atom is -0.471 e. The molecule has 0 spiro atoms. The van der Waals surface area contributed by atoms with E-state index in [-0.39, 0.29) is 18.1 Å². The van der Waals surface area contributed by atoms with Gasteiger partial charge in [0.15, 0.2) is 12.4 Å². The van der Waals surface area contributed by atoms with Gasteiger partial charge in [0.05, 0.1) is 30.2 Å². The van der Waals surface area contributed by atoms with Gasteiger partial charge in [0.1, 0.15) is 0 Å². The molecule has 1 aliphatic heterocycles. The van der Waals surface area contributed by atoms with Gasteiger partial charge in [-0.05, 0) is 13.8 Å². The van der Waals surface area contributed by atoms with Crippen molar-refractivity contribution >= 4 is 0 Å². The number of fused-ring (bicyclic) bond motifs is 3. The molecule has 0 radical (unpaired) electrons. The Morgan fingerprint density at radius 1 is 1.36 bits per heavy atom. The van der Waals surface area contributed by atoms with E-state index in [1.807, 2.05) is 0 Å². The average molecular weight is 366 g/mol. The van der Waals surface area contributed by atoms with Crippen LogP contribution in [0.2, 0.25) is 0 Å². The van der Waals surface area contributed by atoms with E-state index < -0.39 is 36.7 Å². The largest absolute Gasteiger partial charge is 0.471 e. The predicted octanol–water partition coefficient (Wildman–Crippen LogP) is 2.73. The van der Waals surface area contributed by atoms with Crippen LogP contribution in [0.5, 0.6) is 5.88 Å². The molecule has 0 fully saturated rings. The van der Waals surface area contributed by atoms with Gasteiger partial charge >= 0.3 is 6.18 Å². The van der Waals surface area contributed by atoms with Gasteiger partial charge in [-0.15, -0.1) is 5.10 Å². The van der Waals surface area contributed by atoms with E-state index in [9.17, 15) is 27.1 Å². The third-order valence-corrected chi connectivity index (χ3v) is 4.04. The number of aliphatic hydroxyl groups is 1. The van der Waals surface area contributed by atoms with Crippen molar-refractivity contribution in [3.05, 3.63) is 18.1 Å². The Morgan fingerprint density at radius 3 is 2.64 bits per heavy atom. The third-order valence-electron chi connectivity index (χ3n) is 4.04. The fourth-order valence-electron chi connectivity index (χ4n) is 2.77. The van der Waals surface area contributed by atoms with Crippen LogP contribution < -0.4 is 4.74 Å². The maximum atomic E-state index is 13.2. The van der Waals surface area contributed by atoms with Gasteiger partial charge in [0, 0.05) is 6.07 Å². The fourth-order valence-corrected chi connectivity index (χ4v) is 2.77. The lowest BCUT2D eigenvalue weighted by Crippen LogP contribution is -2.42. The maximum Gasteiger partial charge on any atom is 0.424 e. The Bertz CT molecular complexity index is 781. The normalized spacial score (nSPS) is 19.5. The summed E-state index contributed by atoms with van der Waals surface area (Å²) in [4.78, 5) is 3.76. The zero-order valence-corrected chi connectivity index (χ0v) is 13.3. The van der Waals surface area contributed by atoms with Crippen LogP contribution in [0.15, 0.2) is 12.3 Å². The van der Waals surface area contributed by atoms with Crippen LogP contribution in [-0.2, 0) is 12.1 Å². The first-order valence-corrected chi connectivity index (χ1v) is 7.38. The van der Waals surface area contributed by atoms with Crippen molar-refractivity contribution in [2.24, 2.45) is 0 Å². The SMILES string of the molecule is C[C@H]1Cn2nc(OCC(F)F)cc2-c2cnc(C(C)(O)C(F)(F)F)n21. The highest BCUT2D eigenvalue weighted by Gasteiger charge is 2.55. The molecule has 2 aromatic heterocycles. The molecule has 2 atom stereocenters. The predicted molar refractivity (Wildman–Crippen MR) is 75.3 cm³/mol. The number of halogens is 5. The Balaban J connectivity index is 2.03.